The molecule has 104 valence electrons. The summed E-state index contributed by atoms with van der Waals surface area (Å²) in [5.41, 5.74) is 2.03. The van der Waals surface area contributed by atoms with Gasteiger partial charge in [0.15, 0.2) is 0 Å². The molecule has 1 saturated carbocycles. The average Bonchev–Trinajstić information content (AvgIpc) is 3.17. The minimum Gasteiger partial charge on any atom is -0.309 e. The van der Waals surface area contributed by atoms with Gasteiger partial charge in [-0.2, -0.15) is 0 Å². The quantitative estimate of drug-likeness (QED) is 0.892. The van der Waals surface area contributed by atoms with E-state index >= 15 is 0 Å². The molecule has 2 aliphatic carbocycles. The number of aryl methyl sites for hydroxylation is 1. The topological polar surface area (TPSA) is 15.3 Å². The minimum atomic E-state index is 0.381. The van der Waals surface area contributed by atoms with Crippen molar-refractivity contribution in [1.82, 2.24) is 10.2 Å². The first-order valence-corrected chi connectivity index (χ1v) is 8.69. The van der Waals surface area contributed by atoms with E-state index < -0.39 is 0 Å². The van der Waals surface area contributed by atoms with Gasteiger partial charge in [-0.15, -0.1) is 11.3 Å². The van der Waals surface area contributed by atoms with Crippen LogP contribution in [0.5, 0.6) is 0 Å². The van der Waals surface area contributed by atoms with Gasteiger partial charge >= 0.3 is 0 Å². The lowest BCUT2D eigenvalue weighted by Gasteiger charge is -2.46. The Morgan fingerprint density at radius 1 is 1.37 bits per heavy atom. The maximum Gasteiger partial charge on any atom is 0.0360 e. The number of fused-ring (bicyclic) bond motifs is 1. The van der Waals surface area contributed by atoms with Crippen LogP contribution in [-0.4, -0.2) is 30.1 Å². The second kappa shape index (κ2) is 4.57. The molecule has 19 heavy (non-hydrogen) atoms. The summed E-state index contributed by atoms with van der Waals surface area (Å²) in [6.07, 6.45) is 6.93. The summed E-state index contributed by atoms with van der Waals surface area (Å²) in [5.74, 6) is 0.931. The first-order chi connectivity index (χ1) is 9.26. The summed E-state index contributed by atoms with van der Waals surface area (Å²) in [7, 11) is 0. The average molecular weight is 276 g/mol. The largest absolute Gasteiger partial charge is 0.309 e. The Bertz CT molecular complexity index is 465. The van der Waals surface area contributed by atoms with Gasteiger partial charge in [-0.1, -0.05) is 0 Å². The molecule has 1 aliphatic heterocycles. The van der Waals surface area contributed by atoms with Crippen molar-refractivity contribution in [3.63, 3.8) is 0 Å². The fraction of sp³-hybridized carbons (Fsp3) is 0.750. The van der Waals surface area contributed by atoms with Gasteiger partial charge in [0, 0.05) is 36.1 Å². The Morgan fingerprint density at radius 3 is 3.11 bits per heavy atom. The second-order valence-electron chi connectivity index (χ2n) is 6.80. The molecule has 2 fully saturated rings. The number of rotatable bonds is 2. The Labute approximate surface area is 120 Å². The van der Waals surface area contributed by atoms with Crippen LogP contribution < -0.4 is 5.32 Å². The number of nitrogens with one attached hydrogen (secondary N) is 1. The Morgan fingerprint density at radius 2 is 2.26 bits per heavy atom. The highest BCUT2D eigenvalue weighted by atomic mass is 32.1. The van der Waals surface area contributed by atoms with Gasteiger partial charge in [-0.05, 0) is 62.0 Å². The normalized spacial score (nSPS) is 36.2. The van der Waals surface area contributed by atoms with Crippen molar-refractivity contribution in [3.8, 4) is 0 Å². The van der Waals surface area contributed by atoms with Crippen LogP contribution in [0.25, 0.3) is 0 Å². The Balaban J connectivity index is 1.56. The summed E-state index contributed by atoms with van der Waals surface area (Å²) >= 11 is 1.97. The molecule has 0 bridgehead atoms. The number of piperazine rings is 1. The highest BCUT2D eigenvalue weighted by Gasteiger charge is 2.45. The summed E-state index contributed by atoms with van der Waals surface area (Å²) in [4.78, 5) is 4.43. The van der Waals surface area contributed by atoms with Gasteiger partial charge in [0.25, 0.3) is 0 Å². The van der Waals surface area contributed by atoms with Crippen LogP contribution in [0.3, 0.4) is 0 Å². The predicted octanol–water partition coefficient (Wildman–Crippen LogP) is 3.20. The monoisotopic (exact) mass is 276 g/mol. The molecule has 0 aromatic carbocycles. The smallest absolute Gasteiger partial charge is 0.0360 e. The van der Waals surface area contributed by atoms with Crippen molar-refractivity contribution in [3.05, 3.63) is 21.9 Å². The van der Waals surface area contributed by atoms with E-state index in [9.17, 15) is 0 Å². The second-order valence-corrected chi connectivity index (χ2v) is 7.80. The standard InChI is InChI=1S/C16H24N2S/c1-16(12-5-6-12)11-18(9-8-17-16)14-3-2-4-15-13(14)7-10-19-15/h7,10,12,14,17H,2-6,8-9,11H2,1H3. The summed E-state index contributed by atoms with van der Waals surface area (Å²) < 4.78 is 0. The predicted molar refractivity (Wildman–Crippen MR) is 80.7 cm³/mol. The molecule has 2 unspecified atom stereocenters. The third-order valence-corrected chi connectivity index (χ3v) is 6.40. The van der Waals surface area contributed by atoms with E-state index in [1.54, 1.807) is 10.4 Å². The lowest BCUT2D eigenvalue weighted by molar-refractivity contribution is 0.0803. The molecule has 1 aromatic heterocycles. The molecule has 1 aromatic rings. The lowest BCUT2D eigenvalue weighted by atomic mass is 9.88. The summed E-state index contributed by atoms with van der Waals surface area (Å²) in [6, 6.07) is 3.09. The van der Waals surface area contributed by atoms with Crippen molar-refractivity contribution < 1.29 is 0 Å². The van der Waals surface area contributed by atoms with Crippen molar-refractivity contribution in [2.24, 2.45) is 5.92 Å². The zero-order chi connectivity index (χ0) is 12.9. The number of thiophene rings is 1. The fourth-order valence-electron chi connectivity index (χ4n) is 4.14. The summed E-state index contributed by atoms with van der Waals surface area (Å²) in [6.45, 7) is 6.09. The molecule has 2 nitrogen and oxygen atoms in total. The molecule has 0 spiro atoms. The molecule has 2 heterocycles. The van der Waals surface area contributed by atoms with E-state index in [0.29, 0.717) is 11.6 Å². The van der Waals surface area contributed by atoms with Crippen LogP contribution in [0, 0.1) is 5.92 Å². The molecule has 2 atom stereocenters. The van der Waals surface area contributed by atoms with Crippen LogP contribution in [0.2, 0.25) is 0 Å². The highest BCUT2D eigenvalue weighted by molar-refractivity contribution is 7.10. The van der Waals surface area contributed by atoms with Gasteiger partial charge in [-0.3, -0.25) is 4.90 Å². The molecule has 3 heteroatoms. The van der Waals surface area contributed by atoms with Gasteiger partial charge < -0.3 is 5.32 Å². The van der Waals surface area contributed by atoms with E-state index in [4.69, 9.17) is 0 Å². The fourth-order valence-corrected chi connectivity index (χ4v) is 5.12. The van der Waals surface area contributed by atoms with Crippen molar-refractivity contribution >= 4 is 11.3 Å². The van der Waals surface area contributed by atoms with Gasteiger partial charge in [-0.25, -0.2) is 0 Å². The number of nitrogens with zero attached hydrogens (tertiary/aromatic N) is 1. The van der Waals surface area contributed by atoms with E-state index in [0.717, 1.165) is 5.92 Å². The van der Waals surface area contributed by atoms with Crippen molar-refractivity contribution in [2.75, 3.05) is 19.6 Å². The SMILES string of the molecule is CC1(C2CC2)CN(C2CCCc3sccc32)CCN1. The molecule has 1 N–H and O–H groups in total. The maximum atomic E-state index is 3.81. The van der Waals surface area contributed by atoms with Gasteiger partial charge in [0.05, 0.1) is 0 Å². The van der Waals surface area contributed by atoms with Gasteiger partial charge in [0.2, 0.25) is 0 Å². The minimum absolute atomic E-state index is 0.381. The van der Waals surface area contributed by atoms with E-state index in [1.807, 2.05) is 11.3 Å². The van der Waals surface area contributed by atoms with Crippen LogP contribution in [0.15, 0.2) is 11.4 Å². The van der Waals surface area contributed by atoms with E-state index in [1.165, 1.54) is 51.7 Å². The first kappa shape index (κ1) is 12.4. The molecule has 0 amide bonds. The zero-order valence-corrected chi connectivity index (χ0v) is 12.6. The molecule has 1 saturated heterocycles. The first-order valence-electron chi connectivity index (χ1n) is 7.82. The molecule has 3 aliphatic rings. The summed E-state index contributed by atoms with van der Waals surface area (Å²) in [5, 5.41) is 6.10. The third kappa shape index (κ3) is 2.16. The highest BCUT2D eigenvalue weighted by Crippen LogP contribution is 2.44. The Kier molecular flexibility index (Phi) is 2.98. The Hall–Kier alpha value is -0.380. The van der Waals surface area contributed by atoms with Crippen LogP contribution in [-0.2, 0) is 6.42 Å². The number of hydrogen-bond acceptors (Lipinski definition) is 3. The molecule has 4 rings (SSSR count). The van der Waals surface area contributed by atoms with Crippen LogP contribution in [0.1, 0.15) is 49.1 Å². The molecule has 0 radical (unpaired) electrons. The van der Waals surface area contributed by atoms with Crippen molar-refractivity contribution in [2.45, 2.75) is 50.6 Å². The zero-order valence-electron chi connectivity index (χ0n) is 11.8. The van der Waals surface area contributed by atoms with Crippen LogP contribution >= 0.6 is 11.3 Å². The lowest BCUT2D eigenvalue weighted by Crippen LogP contribution is -2.60. The van der Waals surface area contributed by atoms with Crippen molar-refractivity contribution in [1.29, 1.82) is 0 Å². The molecular formula is C16H24N2S. The van der Waals surface area contributed by atoms with E-state index in [2.05, 4.69) is 28.6 Å². The van der Waals surface area contributed by atoms with Crippen LogP contribution in [0.4, 0.5) is 0 Å². The number of hydrogen-bond donors (Lipinski definition) is 1. The molecular weight excluding hydrogens is 252 g/mol. The van der Waals surface area contributed by atoms with Gasteiger partial charge in [0.1, 0.15) is 0 Å². The third-order valence-electron chi connectivity index (χ3n) is 5.40. The maximum absolute atomic E-state index is 3.81. The van der Waals surface area contributed by atoms with E-state index in [-0.39, 0.29) is 0 Å².